The lowest BCUT2D eigenvalue weighted by Gasteiger charge is -2.16. The van der Waals surface area contributed by atoms with Gasteiger partial charge in [0.05, 0.1) is 7.11 Å². The van der Waals surface area contributed by atoms with Crippen LogP contribution in [0.2, 0.25) is 0 Å². The van der Waals surface area contributed by atoms with Crippen molar-refractivity contribution in [1.82, 2.24) is 10.3 Å². The Kier molecular flexibility index (Phi) is 6.06. The largest absolute Gasteiger partial charge is 0.467 e. The van der Waals surface area contributed by atoms with E-state index < -0.39 is 30.5 Å². The Morgan fingerprint density at radius 2 is 1.75 bits per heavy atom. The summed E-state index contributed by atoms with van der Waals surface area (Å²) in [4.78, 5) is 39.2. The molecule has 0 fully saturated rings. The summed E-state index contributed by atoms with van der Waals surface area (Å²) in [7, 11) is 1.25. The number of H-pyrrole nitrogens is 1. The van der Waals surface area contributed by atoms with E-state index in [1.165, 1.54) is 7.11 Å². The molecule has 0 unspecified atom stereocenters. The molecule has 3 aromatic rings. The molecule has 28 heavy (non-hydrogen) atoms. The first-order chi connectivity index (χ1) is 13.6. The van der Waals surface area contributed by atoms with Crippen molar-refractivity contribution in [1.29, 1.82) is 0 Å². The van der Waals surface area contributed by atoms with Gasteiger partial charge in [0, 0.05) is 17.3 Å². The predicted octanol–water partition coefficient (Wildman–Crippen LogP) is 2.23. The van der Waals surface area contributed by atoms with Gasteiger partial charge in [-0.05, 0) is 17.7 Å². The average Bonchev–Trinajstić information content (AvgIpc) is 3.16. The Bertz CT molecular complexity index is 948. The van der Waals surface area contributed by atoms with Crippen LogP contribution in [-0.4, -0.2) is 42.6 Å². The van der Waals surface area contributed by atoms with Crippen LogP contribution in [0.3, 0.4) is 0 Å². The number of hydrogen-bond donors (Lipinski definition) is 2. The summed E-state index contributed by atoms with van der Waals surface area (Å²) in [5, 5.41) is 3.42. The molecule has 7 heteroatoms. The van der Waals surface area contributed by atoms with Crippen LogP contribution in [0.1, 0.15) is 16.1 Å². The number of amides is 1. The van der Waals surface area contributed by atoms with Crippen molar-refractivity contribution >= 4 is 28.7 Å². The Morgan fingerprint density at radius 3 is 2.46 bits per heavy atom. The number of aromatic amines is 1. The van der Waals surface area contributed by atoms with Crippen LogP contribution in [-0.2, 0) is 25.5 Å². The number of carbonyl (C=O) groups excluding carboxylic acids is 3. The Morgan fingerprint density at radius 1 is 1.04 bits per heavy atom. The second-order valence-corrected chi connectivity index (χ2v) is 6.18. The van der Waals surface area contributed by atoms with Crippen LogP contribution in [0, 0.1) is 0 Å². The summed E-state index contributed by atoms with van der Waals surface area (Å²) in [6.07, 6.45) is 0.273. The molecule has 0 aliphatic carbocycles. The van der Waals surface area contributed by atoms with Crippen LogP contribution < -0.4 is 5.32 Å². The Hall–Kier alpha value is -3.61. The van der Waals surface area contributed by atoms with Crippen molar-refractivity contribution in [2.24, 2.45) is 0 Å². The molecular weight excluding hydrogens is 360 g/mol. The van der Waals surface area contributed by atoms with E-state index in [-0.39, 0.29) is 12.1 Å². The fourth-order valence-electron chi connectivity index (χ4n) is 2.81. The SMILES string of the molecule is COC(=O)[C@H](Cc1ccccc1)NC(=O)COC(=O)c1cc2ccccc2[nH]1. The summed E-state index contributed by atoms with van der Waals surface area (Å²) in [5.41, 5.74) is 1.92. The molecule has 2 aromatic carbocycles. The van der Waals surface area contributed by atoms with Crippen LogP contribution in [0.4, 0.5) is 0 Å². The third-order valence-corrected chi connectivity index (χ3v) is 4.19. The summed E-state index contributed by atoms with van der Waals surface area (Å²) in [5.74, 6) is -1.81. The minimum atomic E-state index is -0.869. The van der Waals surface area contributed by atoms with Gasteiger partial charge in [-0.3, -0.25) is 4.79 Å². The molecule has 1 aromatic heterocycles. The normalized spacial score (nSPS) is 11.6. The maximum Gasteiger partial charge on any atom is 0.355 e. The lowest BCUT2D eigenvalue weighted by Crippen LogP contribution is -2.44. The van der Waals surface area contributed by atoms with E-state index in [2.05, 4.69) is 10.3 Å². The number of para-hydroxylation sites is 1. The minimum Gasteiger partial charge on any atom is -0.467 e. The maximum absolute atomic E-state index is 12.2. The molecule has 1 amide bonds. The second kappa shape index (κ2) is 8.85. The molecular formula is C21H20N2O5. The molecule has 1 heterocycles. The topological polar surface area (TPSA) is 97.5 Å². The van der Waals surface area contributed by atoms with E-state index in [1.807, 2.05) is 54.6 Å². The van der Waals surface area contributed by atoms with E-state index in [0.29, 0.717) is 0 Å². The van der Waals surface area contributed by atoms with Crippen molar-refractivity contribution in [2.75, 3.05) is 13.7 Å². The van der Waals surface area contributed by atoms with Gasteiger partial charge in [0.25, 0.3) is 5.91 Å². The molecule has 0 aliphatic heterocycles. The fraction of sp³-hybridized carbons (Fsp3) is 0.190. The molecule has 0 saturated carbocycles. The molecule has 7 nitrogen and oxygen atoms in total. The van der Waals surface area contributed by atoms with Crippen LogP contribution in [0.5, 0.6) is 0 Å². The minimum absolute atomic E-state index is 0.253. The first-order valence-corrected chi connectivity index (χ1v) is 8.73. The molecule has 2 N–H and O–H groups in total. The van der Waals surface area contributed by atoms with Gasteiger partial charge in [-0.1, -0.05) is 48.5 Å². The summed E-state index contributed by atoms with van der Waals surface area (Å²) in [6.45, 7) is -0.503. The van der Waals surface area contributed by atoms with Crippen LogP contribution >= 0.6 is 0 Å². The van der Waals surface area contributed by atoms with Crippen molar-refractivity contribution < 1.29 is 23.9 Å². The van der Waals surface area contributed by atoms with Gasteiger partial charge in [0.1, 0.15) is 11.7 Å². The first-order valence-electron chi connectivity index (χ1n) is 8.73. The number of ether oxygens (including phenoxy) is 2. The smallest absolute Gasteiger partial charge is 0.355 e. The molecule has 0 radical (unpaired) electrons. The van der Waals surface area contributed by atoms with E-state index in [4.69, 9.17) is 9.47 Å². The molecule has 144 valence electrons. The van der Waals surface area contributed by atoms with E-state index in [0.717, 1.165) is 16.5 Å². The van der Waals surface area contributed by atoms with Gasteiger partial charge >= 0.3 is 11.9 Å². The number of aromatic nitrogens is 1. The highest BCUT2D eigenvalue weighted by Crippen LogP contribution is 2.15. The van der Waals surface area contributed by atoms with Gasteiger partial charge < -0.3 is 19.8 Å². The molecule has 0 bridgehead atoms. The molecule has 0 aliphatic rings. The second-order valence-electron chi connectivity index (χ2n) is 6.18. The number of esters is 2. The predicted molar refractivity (Wildman–Crippen MR) is 103 cm³/mol. The highest BCUT2D eigenvalue weighted by Gasteiger charge is 2.23. The quantitative estimate of drug-likeness (QED) is 0.613. The first kappa shape index (κ1) is 19.2. The highest BCUT2D eigenvalue weighted by atomic mass is 16.5. The number of hydrogen-bond acceptors (Lipinski definition) is 5. The summed E-state index contributed by atoms with van der Waals surface area (Å²) < 4.78 is 9.80. The third kappa shape index (κ3) is 4.76. The number of rotatable bonds is 7. The van der Waals surface area contributed by atoms with E-state index in [1.54, 1.807) is 6.07 Å². The monoisotopic (exact) mass is 380 g/mol. The number of methoxy groups -OCH3 is 1. The molecule has 0 saturated heterocycles. The number of benzene rings is 2. The van der Waals surface area contributed by atoms with E-state index >= 15 is 0 Å². The number of carbonyl (C=O) groups is 3. The van der Waals surface area contributed by atoms with Gasteiger partial charge in [0.2, 0.25) is 0 Å². The Labute approximate surface area is 161 Å². The van der Waals surface area contributed by atoms with Crippen LogP contribution in [0.25, 0.3) is 10.9 Å². The maximum atomic E-state index is 12.2. The summed E-state index contributed by atoms with van der Waals surface area (Å²) in [6, 6.07) is 17.4. The van der Waals surface area contributed by atoms with Crippen molar-refractivity contribution in [3.8, 4) is 0 Å². The highest BCUT2D eigenvalue weighted by molar-refractivity contribution is 5.96. The molecule has 1 atom stereocenters. The lowest BCUT2D eigenvalue weighted by molar-refractivity contribution is -0.145. The van der Waals surface area contributed by atoms with Crippen molar-refractivity contribution in [2.45, 2.75) is 12.5 Å². The van der Waals surface area contributed by atoms with Crippen molar-refractivity contribution in [3.63, 3.8) is 0 Å². The Balaban J connectivity index is 1.57. The van der Waals surface area contributed by atoms with Gasteiger partial charge in [-0.15, -0.1) is 0 Å². The standard InChI is InChI=1S/C21H20N2O5/c1-27-20(25)17(11-14-7-3-2-4-8-14)23-19(24)13-28-21(26)18-12-15-9-5-6-10-16(15)22-18/h2-10,12,17,22H,11,13H2,1H3,(H,23,24)/t17-/m0/s1. The fourth-order valence-corrected chi connectivity index (χ4v) is 2.81. The third-order valence-electron chi connectivity index (χ3n) is 4.19. The summed E-state index contributed by atoms with van der Waals surface area (Å²) >= 11 is 0. The molecule has 0 spiro atoms. The lowest BCUT2D eigenvalue weighted by atomic mass is 10.1. The zero-order chi connectivity index (χ0) is 19.9. The van der Waals surface area contributed by atoms with Gasteiger partial charge in [-0.2, -0.15) is 0 Å². The zero-order valence-corrected chi connectivity index (χ0v) is 15.3. The number of nitrogens with one attached hydrogen (secondary N) is 2. The van der Waals surface area contributed by atoms with Crippen LogP contribution in [0.15, 0.2) is 60.7 Å². The number of fused-ring (bicyclic) bond motifs is 1. The van der Waals surface area contributed by atoms with E-state index in [9.17, 15) is 14.4 Å². The zero-order valence-electron chi connectivity index (χ0n) is 15.3. The van der Waals surface area contributed by atoms with Gasteiger partial charge in [0.15, 0.2) is 6.61 Å². The van der Waals surface area contributed by atoms with Crippen molar-refractivity contribution in [3.05, 3.63) is 71.9 Å². The molecule has 3 rings (SSSR count). The van der Waals surface area contributed by atoms with Gasteiger partial charge in [-0.25, -0.2) is 9.59 Å². The average molecular weight is 380 g/mol.